The lowest BCUT2D eigenvalue weighted by molar-refractivity contribution is -0.135. The van der Waals surface area contributed by atoms with E-state index < -0.39 is 6.04 Å². The molecular weight excluding hydrogens is 388 g/mol. The minimum atomic E-state index is -0.481. The lowest BCUT2D eigenvalue weighted by Crippen LogP contribution is -2.51. The first-order valence-corrected chi connectivity index (χ1v) is 13.1. The number of rotatable bonds is 18. The van der Waals surface area contributed by atoms with Crippen molar-refractivity contribution in [1.82, 2.24) is 10.2 Å². The van der Waals surface area contributed by atoms with Gasteiger partial charge in [-0.05, 0) is 45.1 Å². The predicted molar refractivity (Wildman–Crippen MR) is 130 cm³/mol. The summed E-state index contributed by atoms with van der Waals surface area (Å²) in [5.74, 6) is 0.149. The quantitative estimate of drug-likeness (QED) is 0.278. The summed E-state index contributed by atoms with van der Waals surface area (Å²) in [5, 5.41) is 2.98. The summed E-state index contributed by atoms with van der Waals surface area (Å²) in [4.78, 5) is 27.0. The molecule has 0 aromatic carbocycles. The van der Waals surface area contributed by atoms with Gasteiger partial charge in [0, 0.05) is 25.6 Å². The maximum absolute atomic E-state index is 12.8. The van der Waals surface area contributed by atoms with Gasteiger partial charge in [0.2, 0.25) is 11.8 Å². The van der Waals surface area contributed by atoms with Gasteiger partial charge in [0.15, 0.2) is 0 Å². The average Bonchev–Trinajstić information content (AvgIpc) is 2.78. The summed E-state index contributed by atoms with van der Waals surface area (Å²) in [6.45, 7) is 4.23. The molecule has 6 heteroatoms. The number of nitrogens with zero attached hydrogens (tertiary/aromatic N) is 1. The molecule has 6 nitrogen and oxygen atoms in total. The first-order chi connectivity index (χ1) is 15.1. The van der Waals surface area contributed by atoms with Crippen LogP contribution in [-0.2, 0) is 9.59 Å². The minimum absolute atomic E-state index is 0.107. The van der Waals surface area contributed by atoms with Crippen molar-refractivity contribution < 1.29 is 9.59 Å². The highest BCUT2D eigenvalue weighted by molar-refractivity contribution is 5.81. The third-order valence-corrected chi connectivity index (χ3v) is 6.51. The third-order valence-electron chi connectivity index (χ3n) is 6.51. The number of carbonyl (C=O) groups is 2. The van der Waals surface area contributed by atoms with Crippen LogP contribution in [0.25, 0.3) is 0 Å². The van der Waals surface area contributed by atoms with Crippen LogP contribution in [-0.4, -0.2) is 48.4 Å². The van der Waals surface area contributed by atoms with Crippen LogP contribution in [0, 0.1) is 0 Å². The highest BCUT2D eigenvalue weighted by atomic mass is 16.2. The number of likely N-dealkylation sites (tertiary alicyclic amines) is 1. The van der Waals surface area contributed by atoms with Crippen molar-refractivity contribution in [3.8, 4) is 0 Å². The van der Waals surface area contributed by atoms with E-state index in [4.69, 9.17) is 11.5 Å². The lowest BCUT2D eigenvalue weighted by Gasteiger charge is -2.36. The lowest BCUT2D eigenvalue weighted by atomic mass is 10.0. The maximum atomic E-state index is 12.8. The van der Waals surface area contributed by atoms with E-state index in [9.17, 15) is 9.59 Å². The molecule has 2 amide bonds. The first kappa shape index (κ1) is 27.9. The molecule has 2 atom stereocenters. The molecule has 5 N–H and O–H groups in total. The number of carbonyl (C=O) groups excluding carboxylic acids is 2. The van der Waals surface area contributed by atoms with E-state index in [-0.39, 0.29) is 17.9 Å². The first-order valence-electron chi connectivity index (χ1n) is 13.1. The average molecular weight is 439 g/mol. The van der Waals surface area contributed by atoms with Crippen molar-refractivity contribution in [2.24, 2.45) is 11.5 Å². The number of nitrogens with two attached hydrogens (primary N) is 2. The van der Waals surface area contributed by atoms with Gasteiger partial charge in [-0.25, -0.2) is 0 Å². The van der Waals surface area contributed by atoms with Crippen molar-refractivity contribution >= 4 is 11.8 Å². The largest absolute Gasteiger partial charge is 0.353 e. The van der Waals surface area contributed by atoms with E-state index in [0.717, 1.165) is 51.5 Å². The Labute approximate surface area is 191 Å². The van der Waals surface area contributed by atoms with E-state index >= 15 is 0 Å². The van der Waals surface area contributed by atoms with Crippen molar-refractivity contribution in [3.05, 3.63) is 0 Å². The monoisotopic (exact) mass is 438 g/mol. The van der Waals surface area contributed by atoms with Gasteiger partial charge < -0.3 is 21.7 Å². The Morgan fingerprint density at radius 2 is 1.58 bits per heavy atom. The number of nitrogens with one attached hydrogen (secondary N) is 1. The molecule has 0 aliphatic carbocycles. The van der Waals surface area contributed by atoms with Gasteiger partial charge in [0.05, 0.1) is 6.04 Å². The van der Waals surface area contributed by atoms with Crippen LogP contribution in [0.1, 0.15) is 116 Å². The molecule has 1 aliphatic rings. The smallest absolute Gasteiger partial charge is 0.236 e. The molecular formula is C25H50N4O2. The second kappa shape index (κ2) is 18.4. The molecule has 1 fully saturated rings. The molecule has 0 spiro atoms. The summed E-state index contributed by atoms with van der Waals surface area (Å²) in [5.41, 5.74) is 11.5. The van der Waals surface area contributed by atoms with E-state index in [2.05, 4.69) is 12.2 Å². The number of unbranched alkanes of at least 4 members (excludes halogenated alkanes) is 10. The summed E-state index contributed by atoms with van der Waals surface area (Å²) in [6, 6.07) is -0.365. The van der Waals surface area contributed by atoms with E-state index in [1.165, 1.54) is 51.4 Å². The van der Waals surface area contributed by atoms with Crippen molar-refractivity contribution in [3.63, 3.8) is 0 Å². The maximum Gasteiger partial charge on any atom is 0.236 e. The summed E-state index contributed by atoms with van der Waals surface area (Å²) in [6.07, 6.45) is 19.0. The molecule has 31 heavy (non-hydrogen) atoms. The Bertz CT molecular complexity index is 472. The Balaban J connectivity index is 2.20. The highest BCUT2D eigenvalue weighted by Crippen LogP contribution is 2.19. The molecule has 0 bridgehead atoms. The van der Waals surface area contributed by atoms with Gasteiger partial charge in [-0.15, -0.1) is 0 Å². The second-order valence-electron chi connectivity index (χ2n) is 9.30. The third kappa shape index (κ3) is 13.1. The molecule has 182 valence electrons. The van der Waals surface area contributed by atoms with E-state index in [1.54, 1.807) is 0 Å². The Morgan fingerprint density at radius 3 is 2.23 bits per heavy atom. The fourth-order valence-electron chi connectivity index (χ4n) is 4.44. The molecule has 1 saturated heterocycles. The summed E-state index contributed by atoms with van der Waals surface area (Å²) < 4.78 is 0. The van der Waals surface area contributed by atoms with Gasteiger partial charge >= 0.3 is 0 Å². The normalized spacial score (nSPS) is 17.5. The molecule has 0 aromatic rings. The van der Waals surface area contributed by atoms with Crippen LogP contribution in [0.5, 0.6) is 0 Å². The second-order valence-corrected chi connectivity index (χ2v) is 9.30. The summed E-state index contributed by atoms with van der Waals surface area (Å²) in [7, 11) is 0. The number of hydrogen-bond donors (Lipinski definition) is 3. The van der Waals surface area contributed by atoms with Gasteiger partial charge in [0.25, 0.3) is 0 Å². The molecule has 0 radical (unpaired) electrons. The van der Waals surface area contributed by atoms with Crippen LogP contribution in [0.2, 0.25) is 0 Å². The van der Waals surface area contributed by atoms with Crippen molar-refractivity contribution in [2.45, 2.75) is 128 Å². The van der Waals surface area contributed by atoms with Gasteiger partial charge in [0.1, 0.15) is 0 Å². The number of hydrogen-bond acceptors (Lipinski definition) is 4. The predicted octanol–water partition coefficient (Wildman–Crippen LogP) is 4.25. The molecule has 0 aromatic heterocycles. The number of piperidine rings is 1. The molecule has 1 aliphatic heterocycles. The van der Waals surface area contributed by atoms with E-state index in [1.807, 2.05) is 4.90 Å². The zero-order valence-corrected chi connectivity index (χ0v) is 20.2. The van der Waals surface area contributed by atoms with Crippen molar-refractivity contribution in [2.75, 3.05) is 19.6 Å². The highest BCUT2D eigenvalue weighted by Gasteiger charge is 2.27. The fraction of sp³-hybridized carbons (Fsp3) is 0.920. The van der Waals surface area contributed by atoms with Crippen molar-refractivity contribution in [1.29, 1.82) is 0 Å². The standard InChI is InChI=1S/C25H50N4O2/c1-2-3-4-5-6-7-8-9-10-11-18-24(30)29-20-15-13-16-22(29)21-28-25(31)23(27)17-12-14-19-26/h22-23H,2-21,26-27H2,1H3,(H,28,31)/t22?,23-/m0/s1. The SMILES string of the molecule is CCCCCCCCCCCCC(=O)N1CCCCC1CNC(=O)[C@@H](N)CCCCN. The molecule has 1 unspecified atom stereocenters. The van der Waals surface area contributed by atoms with Crippen LogP contribution in [0.3, 0.4) is 0 Å². The van der Waals surface area contributed by atoms with Crippen LogP contribution in [0.15, 0.2) is 0 Å². The Hall–Kier alpha value is -1.14. The van der Waals surface area contributed by atoms with E-state index in [0.29, 0.717) is 25.9 Å². The summed E-state index contributed by atoms with van der Waals surface area (Å²) >= 11 is 0. The number of amides is 2. The molecule has 0 saturated carbocycles. The van der Waals surface area contributed by atoms with Gasteiger partial charge in [-0.1, -0.05) is 71.1 Å². The van der Waals surface area contributed by atoms with Gasteiger partial charge in [-0.2, -0.15) is 0 Å². The zero-order valence-electron chi connectivity index (χ0n) is 20.2. The minimum Gasteiger partial charge on any atom is -0.353 e. The zero-order chi connectivity index (χ0) is 22.7. The van der Waals surface area contributed by atoms with Crippen LogP contribution < -0.4 is 16.8 Å². The fourth-order valence-corrected chi connectivity index (χ4v) is 4.44. The Morgan fingerprint density at radius 1 is 0.935 bits per heavy atom. The molecule has 1 heterocycles. The van der Waals surface area contributed by atoms with Gasteiger partial charge in [-0.3, -0.25) is 9.59 Å². The van der Waals surface area contributed by atoms with Crippen LogP contribution in [0.4, 0.5) is 0 Å². The Kier molecular flexibility index (Phi) is 16.6. The molecule has 1 rings (SSSR count). The topological polar surface area (TPSA) is 101 Å². The van der Waals surface area contributed by atoms with Crippen LogP contribution >= 0.6 is 0 Å².